The summed E-state index contributed by atoms with van der Waals surface area (Å²) in [5, 5.41) is 17.2. The number of carbonyl (C=O) groups excluding carboxylic acids is 1. The number of carbonyl (C=O) groups is 1. The molecule has 18 heavy (non-hydrogen) atoms. The van der Waals surface area contributed by atoms with E-state index in [0.29, 0.717) is 16.5 Å². The molecule has 1 aromatic rings. The summed E-state index contributed by atoms with van der Waals surface area (Å²) in [5.41, 5.74) is 0. The number of hydrogen-bond donors (Lipinski definition) is 0. The molecule has 1 unspecified atom stereocenters. The fourth-order valence-corrected chi connectivity index (χ4v) is 1.93. The van der Waals surface area contributed by atoms with Crippen LogP contribution >= 0.6 is 27.5 Å². The molecule has 0 saturated carbocycles. The van der Waals surface area contributed by atoms with E-state index in [2.05, 4.69) is 15.9 Å². The van der Waals surface area contributed by atoms with E-state index in [1.54, 1.807) is 6.07 Å². The zero-order valence-electron chi connectivity index (χ0n) is 10.0. The van der Waals surface area contributed by atoms with Crippen molar-refractivity contribution in [1.82, 2.24) is 0 Å². The summed E-state index contributed by atoms with van der Waals surface area (Å²) in [6.45, 7) is 1.82. The molecule has 0 aromatic heterocycles. The molecule has 1 aliphatic rings. The van der Waals surface area contributed by atoms with Gasteiger partial charge in [-0.1, -0.05) is 27.5 Å². The van der Waals surface area contributed by atoms with Gasteiger partial charge in [0.05, 0.1) is 5.02 Å². The third kappa shape index (κ3) is 8.42. The van der Waals surface area contributed by atoms with Crippen LogP contribution in [-0.2, 0) is 0 Å². The SMILES string of the molecule is CC1Oc2cc(Br)cc(Cl)c2O1.O=C([O-])[O-].[Cs+].[Cs+]. The van der Waals surface area contributed by atoms with E-state index >= 15 is 0 Å². The van der Waals surface area contributed by atoms with Crippen LogP contribution in [0.4, 0.5) is 4.79 Å². The second kappa shape index (κ2) is 11.5. The summed E-state index contributed by atoms with van der Waals surface area (Å²) < 4.78 is 11.5. The van der Waals surface area contributed by atoms with Gasteiger partial charge in [-0.2, -0.15) is 0 Å². The molecule has 2 rings (SSSR count). The predicted molar refractivity (Wildman–Crippen MR) is 55.3 cm³/mol. The molecule has 0 N–H and O–H groups in total. The molecule has 0 bridgehead atoms. The summed E-state index contributed by atoms with van der Waals surface area (Å²) in [7, 11) is 0. The third-order valence-corrected chi connectivity index (χ3v) is 2.29. The molecule has 9 heteroatoms. The van der Waals surface area contributed by atoms with E-state index in [1.807, 2.05) is 13.0 Å². The Kier molecular flexibility index (Phi) is 14.9. The molecule has 0 saturated heterocycles. The Morgan fingerprint density at radius 3 is 2.33 bits per heavy atom. The largest absolute Gasteiger partial charge is 1.00 e. The molecule has 0 amide bonds. The van der Waals surface area contributed by atoms with Crippen LogP contribution in [0.5, 0.6) is 11.5 Å². The van der Waals surface area contributed by atoms with E-state index in [9.17, 15) is 0 Å². The minimum Gasteiger partial charge on any atom is -0.652 e. The zero-order chi connectivity index (χ0) is 12.3. The number of ether oxygens (including phenoxy) is 2. The molecule has 1 heterocycles. The van der Waals surface area contributed by atoms with Crippen LogP contribution in [0.1, 0.15) is 6.92 Å². The van der Waals surface area contributed by atoms with Crippen molar-refractivity contribution in [3.8, 4) is 11.5 Å². The first kappa shape index (κ1) is 23.2. The van der Waals surface area contributed by atoms with Gasteiger partial charge in [-0.25, -0.2) is 0 Å². The van der Waals surface area contributed by atoms with Gasteiger partial charge in [0.1, 0.15) is 0 Å². The topological polar surface area (TPSA) is 81.7 Å². The Bertz CT molecular complexity index is 414. The number of halogens is 2. The maximum atomic E-state index is 8.33. The van der Waals surface area contributed by atoms with Gasteiger partial charge in [0.15, 0.2) is 11.5 Å². The van der Waals surface area contributed by atoms with Crippen LogP contribution in [0.3, 0.4) is 0 Å². The van der Waals surface area contributed by atoms with Crippen LogP contribution in [-0.4, -0.2) is 12.4 Å². The van der Waals surface area contributed by atoms with E-state index in [0.717, 1.165) is 4.47 Å². The monoisotopic (exact) mass is 574 g/mol. The second-order valence-electron chi connectivity index (χ2n) is 2.77. The molecular formula is C9H6BrClCs2O5. The molecule has 5 nitrogen and oxygen atoms in total. The van der Waals surface area contributed by atoms with E-state index in [-0.39, 0.29) is 144 Å². The van der Waals surface area contributed by atoms with E-state index < -0.39 is 6.16 Å². The second-order valence-corrected chi connectivity index (χ2v) is 4.09. The Morgan fingerprint density at radius 1 is 1.33 bits per heavy atom. The first-order valence-electron chi connectivity index (χ1n) is 4.10. The van der Waals surface area contributed by atoms with Crippen molar-refractivity contribution >= 4 is 33.7 Å². The number of benzene rings is 1. The van der Waals surface area contributed by atoms with Crippen molar-refractivity contribution in [3.05, 3.63) is 21.6 Å². The van der Waals surface area contributed by atoms with Crippen molar-refractivity contribution in [2.24, 2.45) is 0 Å². The molecule has 1 atom stereocenters. The first-order chi connectivity index (χ1) is 7.40. The standard InChI is InChI=1S/C8H6BrClO2.CH2O3.2Cs/c1-4-11-7-3-5(9)2-6(10)8(7)12-4;2-1(3)4;;/h2-4H,1H3;(H2,2,3,4);;/q;;2*+1/p-2. The van der Waals surface area contributed by atoms with Crippen molar-refractivity contribution in [2.75, 3.05) is 0 Å². The summed E-state index contributed by atoms with van der Waals surface area (Å²) in [4.78, 5) is 8.33. The fourth-order valence-electron chi connectivity index (χ4n) is 1.11. The Balaban J connectivity index is 0. The van der Waals surface area contributed by atoms with Crippen LogP contribution in [0.25, 0.3) is 0 Å². The van der Waals surface area contributed by atoms with Crippen molar-refractivity contribution in [1.29, 1.82) is 0 Å². The molecule has 0 spiro atoms. The van der Waals surface area contributed by atoms with Crippen molar-refractivity contribution in [3.63, 3.8) is 0 Å². The third-order valence-electron chi connectivity index (χ3n) is 1.55. The zero-order valence-corrected chi connectivity index (χ0v) is 24.9. The average Bonchev–Trinajstić information content (AvgIpc) is 2.44. The average molecular weight is 575 g/mol. The molecule has 1 aliphatic heterocycles. The normalized spacial score (nSPS) is 14.5. The maximum absolute atomic E-state index is 8.33. The predicted octanol–water partition coefficient (Wildman–Crippen LogP) is -5.22. The Morgan fingerprint density at radius 2 is 1.83 bits per heavy atom. The summed E-state index contributed by atoms with van der Waals surface area (Å²) in [6.07, 6.45) is -2.58. The number of fused-ring (bicyclic) bond motifs is 1. The summed E-state index contributed by atoms with van der Waals surface area (Å²) in [5.74, 6) is 1.33. The van der Waals surface area contributed by atoms with E-state index in [4.69, 9.17) is 36.1 Å². The smallest absolute Gasteiger partial charge is 0.652 e. The Labute approximate surface area is 235 Å². The molecule has 0 fully saturated rings. The van der Waals surface area contributed by atoms with Gasteiger partial charge in [0.25, 0.3) is 0 Å². The molecular weight excluding hydrogens is 569 g/mol. The van der Waals surface area contributed by atoms with Gasteiger partial charge in [0.2, 0.25) is 6.29 Å². The Hall–Kier alpha value is 2.96. The molecule has 0 radical (unpaired) electrons. The summed E-state index contributed by atoms with van der Waals surface area (Å²) in [6, 6.07) is 3.62. The minimum absolute atomic E-state index is 0. The van der Waals surface area contributed by atoms with Crippen molar-refractivity contribution in [2.45, 2.75) is 13.2 Å². The van der Waals surface area contributed by atoms with Crippen LogP contribution in [0.2, 0.25) is 5.02 Å². The van der Waals surface area contributed by atoms with Crippen LogP contribution in [0.15, 0.2) is 16.6 Å². The quantitative estimate of drug-likeness (QED) is 0.309. The maximum Gasteiger partial charge on any atom is 1.00 e. The number of carboxylic acid groups (broad SMARTS) is 2. The van der Waals surface area contributed by atoms with E-state index in [1.165, 1.54) is 0 Å². The molecule has 1 aromatic carbocycles. The van der Waals surface area contributed by atoms with Gasteiger partial charge < -0.3 is 24.5 Å². The minimum atomic E-state index is -2.33. The summed E-state index contributed by atoms with van der Waals surface area (Å²) >= 11 is 9.22. The van der Waals surface area contributed by atoms with Crippen molar-refractivity contribution < 1.29 is 162 Å². The van der Waals surface area contributed by atoms with Gasteiger partial charge >= 0.3 is 138 Å². The number of rotatable bonds is 0. The molecule has 0 aliphatic carbocycles. The van der Waals surface area contributed by atoms with Crippen LogP contribution < -0.4 is 157 Å². The van der Waals surface area contributed by atoms with Gasteiger partial charge in [-0.15, -0.1) is 0 Å². The van der Waals surface area contributed by atoms with Gasteiger partial charge in [-0.3, -0.25) is 0 Å². The van der Waals surface area contributed by atoms with Crippen LogP contribution in [0, 0.1) is 0 Å². The molecule has 88 valence electrons. The number of hydrogen-bond acceptors (Lipinski definition) is 5. The van der Waals surface area contributed by atoms with Gasteiger partial charge in [-0.05, 0) is 18.3 Å². The fraction of sp³-hybridized carbons (Fsp3) is 0.222. The van der Waals surface area contributed by atoms with Gasteiger partial charge in [0, 0.05) is 11.4 Å². The first-order valence-corrected chi connectivity index (χ1v) is 5.27.